The van der Waals surface area contributed by atoms with Crippen LogP contribution in [0.25, 0.3) is 0 Å². The number of hydrogen-bond acceptors (Lipinski definition) is 1. The fourth-order valence-electron chi connectivity index (χ4n) is 0.957. The molecule has 0 bridgehead atoms. The van der Waals surface area contributed by atoms with E-state index < -0.39 is 28.2 Å². The quantitative estimate of drug-likeness (QED) is 0.736. The summed E-state index contributed by atoms with van der Waals surface area (Å²) in [5.41, 5.74) is 0.848. The van der Waals surface area contributed by atoms with Crippen molar-refractivity contribution in [2.45, 2.75) is 18.0 Å². The molecule has 0 radical (unpaired) electrons. The molecule has 0 saturated heterocycles. The van der Waals surface area contributed by atoms with Gasteiger partial charge >= 0.3 is 6.18 Å². The maximum absolute atomic E-state index is 12.9. The van der Waals surface area contributed by atoms with Crippen LogP contribution in [0.5, 0.6) is 0 Å². The Balaban J connectivity index is 2.95. The highest BCUT2D eigenvalue weighted by molar-refractivity contribution is 7.88. The predicted octanol–water partition coefficient (Wildman–Crippen LogP) is 3.48. The molecule has 1 atom stereocenters. The number of benzene rings is 1. The van der Waals surface area contributed by atoms with Crippen molar-refractivity contribution < 1.29 is 21.8 Å². The van der Waals surface area contributed by atoms with Crippen molar-refractivity contribution in [3.8, 4) is 0 Å². The zero-order valence-electron chi connectivity index (χ0n) is 8.22. The number of allylic oxidation sites excluding steroid dienone is 1. The summed E-state index contributed by atoms with van der Waals surface area (Å²) in [6, 6.07) is 5.76. The summed E-state index contributed by atoms with van der Waals surface area (Å²) in [7, 11) is -2.41. The number of alkyl halides is 3. The third-order valence-corrected chi connectivity index (χ3v) is 2.86. The minimum atomic E-state index is -4.80. The van der Waals surface area contributed by atoms with Gasteiger partial charge in [-0.3, -0.25) is 0 Å². The molecule has 1 rings (SSSR count). The molecule has 0 heterocycles. The van der Waals surface area contributed by atoms with Gasteiger partial charge in [0, 0.05) is 4.90 Å². The Kier molecular flexibility index (Phi) is 3.85. The van der Waals surface area contributed by atoms with E-state index in [2.05, 4.69) is 0 Å². The molecule has 1 aromatic rings. The van der Waals surface area contributed by atoms with Crippen LogP contribution in [0.15, 0.2) is 40.4 Å². The van der Waals surface area contributed by atoms with Gasteiger partial charge in [0.05, 0.1) is 6.08 Å². The highest BCUT2D eigenvalue weighted by Gasteiger charge is 2.27. The summed E-state index contributed by atoms with van der Waals surface area (Å²) < 4.78 is 59.6. The van der Waals surface area contributed by atoms with E-state index in [9.17, 15) is 21.8 Å². The lowest BCUT2D eigenvalue weighted by molar-refractivity contribution is -0.0808. The Morgan fingerprint density at radius 3 is 2.19 bits per heavy atom. The molecule has 0 aliphatic heterocycles. The first kappa shape index (κ1) is 12.9. The van der Waals surface area contributed by atoms with Crippen LogP contribution < -0.4 is 0 Å². The topological polar surface area (TPSA) is 17.1 Å². The molecule has 1 aromatic carbocycles. The molecule has 16 heavy (non-hydrogen) atoms. The van der Waals surface area contributed by atoms with Gasteiger partial charge < -0.3 is 0 Å². The standard InChI is InChI=1S/C10H8F4OS/c1-7-2-4-8(5-3-7)16(15)9(11)6-10(12,13)14/h2-6H,1H3/b9-6+. The van der Waals surface area contributed by atoms with Gasteiger partial charge in [-0.25, -0.2) is 4.21 Å². The molecule has 0 aliphatic rings. The molecule has 0 aromatic heterocycles. The van der Waals surface area contributed by atoms with Crippen molar-refractivity contribution in [3.63, 3.8) is 0 Å². The van der Waals surface area contributed by atoms with Crippen LogP contribution in [0.1, 0.15) is 5.56 Å². The minimum Gasteiger partial charge on any atom is -0.247 e. The van der Waals surface area contributed by atoms with E-state index in [0.717, 1.165) is 5.56 Å². The Hall–Kier alpha value is -1.17. The SMILES string of the molecule is Cc1ccc(S(=O)/C(F)=C/C(F)(F)F)cc1. The Morgan fingerprint density at radius 1 is 1.25 bits per heavy atom. The van der Waals surface area contributed by atoms with Gasteiger partial charge in [-0.1, -0.05) is 17.7 Å². The van der Waals surface area contributed by atoms with Gasteiger partial charge in [0.2, 0.25) is 0 Å². The van der Waals surface area contributed by atoms with Crippen molar-refractivity contribution in [2.75, 3.05) is 0 Å². The van der Waals surface area contributed by atoms with Gasteiger partial charge in [-0.2, -0.15) is 17.6 Å². The molecule has 1 unspecified atom stereocenters. The van der Waals surface area contributed by atoms with E-state index in [1.807, 2.05) is 0 Å². The first-order valence-corrected chi connectivity index (χ1v) is 5.38. The summed E-state index contributed by atoms with van der Waals surface area (Å²) in [5.74, 6) is 0. The van der Waals surface area contributed by atoms with E-state index in [1.54, 1.807) is 19.1 Å². The van der Waals surface area contributed by atoms with Crippen LogP contribution in [-0.4, -0.2) is 10.4 Å². The second-order valence-electron chi connectivity index (χ2n) is 3.07. The van der Waals surface area contributed by atoms with E-state index in [0.29, 0.717) is 0 Å². The molecule has 0 saturated carbocycles. The molecular weight excluding hydrogens is 244 g/mol. The highest BCUT2D eigenvalue weighted by atomic mass is 32.2. The van der Waals surface area contributed by atoms with Crippen molar-refractivity contribution in [1.82, 2.24) is 0 Å². The zero-order valence-corrected chi connectivity index (χ0v) is 9.03. The van der Waals surface area contributed by atoms with Crippen molar-refractivity contribution in [1.29, 1.82) is 0 Å². The average molecular weight is 252 g/mol. The second kappa shape index (κ2) is 4.78. The summed E-state index contributed by atoms with van der Waals surface area (Å²) >= 11 is 0. The first-order chi connectivity index (χ1) is 7.29. The zero-order chi connectivity index (χ0) is 12.3. The number of aryl methyl sites for hydroxylation is 1. The maximum Gasteiger partial charge on any atom is 0.413 e. The van der Waals surface area contributed by atoms with Gasteiger partial charge in [0.25, 0.3) is 0 Å². The van der Waals surface area contributed by atoms with E-state index in [-0.39, 0.29) is 4.90 Å². The largest absolute Gasteiger partial charge is 0.413 e. The molecule has 0 aliphatic carbocycles. The molecule has 0 N–H and O–H groups in total. The third kappa shape index (κ3) is 3.77. The van der Waals surface area contributed by atoms with Crippen LogP contribution in [0, 0.1) is 6.92 Å². The average Bonchev–Trinajstić information content (AvgIpc) is 2.15. The van der Waals surface area contributed by atoms with Crippen molar-refractivity contribution >= 4 is 10.8 Å². The molecule has 0 spiro atoms. The van der Waals surface area contributed by atoms with Crippen LogP contribution in [0.3, 0.4) is 0 Å². The summed E-state index contributed by atoms with van der Waals surface area (Å²) in [5, 5.41) is -1.70. The van der Waals surface area contributed by atoms with E-state index in [4.69, 9.17) is 0 Å². The van der Waals surface area contributed by atoms with Crippen LogP contribution in [0.2, 0.25) is 0 Å². The fourth-order valence-corrected chi connectivity index (χ4v) is 1.81. The lowest BCUT2D eigenvalue weighted by Crippen LogP contribution is -2.04. The Labute approximate surface area is 92.2 Å². The van der Waals surface area contributed by atoms with Gasteiger partial charge in [-0.15, -0.1) is 0 Å². The van der Waals surface area contributed by atoms with E-state index in [1.165, 1.54) is 12.1 Å². The highest BCUT2D eigenvalue weighted by Crippen LogP contribution is 2.23. The van der Waals surface area contributed by atoms with Gasteiger partial charge in [-0.05, 0) is 19.1 Å². The second-order valence-corrected chi connectivity index (χ2v) is 4.47. The Bertz CT molecular complexity index is 419. The summed E-state index contributed by atoms with van der Waals surface area (Å²) in [6.07, 6.45) is -5.40. The summed E-state index contributed by atoms with van der Waals surface area (Å²) in [6.45, 7) is 1.76. The summed E-state index contributed by atoms with van der Waals surface area (Å²) in [4.78, 5) is 0.00333. The minimum absolute atomic E-state index is 0.00333. The molecule has 0 amide bonds. The predicted molar refractivity (Wildman–Crippen MR) is 52.8 cm³/mol. The first-order valence-electron chi connectivity index (χ1n) is 4.23. The fraction of sp³-hybridized carbons (Fsp3) is 0.200. The molecular formula is C10H8F4OS. The Morgan fingerprint density at radius 2 is 1.75 bits per heavy atom. The lowest BCUT2D eigenvalue weighted by Gasteiger charge is -2.02. The van der Waals surface area contributed by atoms with E-state index >= 15 is 0 Å². The lowest BCUT2D eigenvalue weighted by atomic mass is 10.2. The molecule has 6 heteroatoms. The molecule has 0 fully saturated rings. The van der Waals surface area contributed by atoms with Gasteiger partial charge in [0.15, 0.2) is 5.16 Å². The van der Waals surface area contributed by atoms with Crippen LogP contribution in [-0.2, 0) is 10.8 Å². The van der Waals surface area contributed by atoms with Crippen LogP contribution >= 0.6 is 0 Å². The van der Waals surface area contributed by atoms with Crippen molar-refractivity contribution in [2.24, 2.45) is 0 Å². The van der Waals surface area contributed by atoms with Crippen LogP contribution in [0.4, 0.5) is 17.6 Å². The normalized spacial score (nSPS) is 14.9. The number of rotatable bonds is 2. The third-order valence-electron chi connectivity index (χ3n) is 1.69. The number of hydrogen-bond donors (Lipinski definition) is 0. The number of halogens is 4. The monoisotopic (exact) mass is 252 g/mol. The molecule has 88 valence electrons. The molecule has 1 nitrogen and oxygen atoms in total. The van der Waals surface area contributed by atoms with Crippen molar-refractivity contribution in [3.05, 3.63) is 41.1 Å². The smallest absolute Gasteiger partial charge is 0.247 e. The van der Waals surface area contributed by atoms with Gasteiger partial charge in [0.1, 0.15) is 10.8 Å². The maximum atomic E-state index is 12.9.